The molecule has 0 radical (unpaired) electrons. The smallest absolute Gasteiger partial charge is 0.209 e. The second-order valence-electron chi connectivity index (χ2n) is 13.7. The summed E-state index contributed by atoms with van der Waals surface area (Å²) < 4.78 is 0. The molecule has 2 atom stereocenters. The standard InChI is InChI=1S/C49H39N5/c1-4-13-35(14-5-1)45-32-44(33-46(51-45)42-23-11-19-38(30-42)34-25-27-50-28-26-34)41-22-10-20-39(29-41)40-21-12-24-43(31-40)49-53-47(36-15-6-2-7-16-36)52-48(54-49)37-17-8-3-9-18-37/h1-27,29-33,47,49-50,53H,28H2,(H,52,54)/p+1. The minimum atomic E-state index is -0.113. The minimum absolute atomic E-state index is 0.0316. The molecule has 54 heavy (non-hydrogen) atoms. The minimum Gasteiger partial charge on any atom is -0.387 e. The predicted octanol–water partition coefficient (Wildman–Crippen LogP) is 9.56. The number of allylic oxidation sites excluding steroid dienone is 2. The molecule has 0 bridgehead atoms. The Morgan fingerprint density at radius 2 is 1.04 bits per heavy atom. The van der Waals surface area contributed by atoms with Gasteiger partial charge in [-0.1, -0.05) is 152 Å². The highest BCUT2D eigenvalue weighted by atomic mass is 15.3. The number of nitrogens with one attached hydrogen (secondary N) is 2. The number of dihydropyridines is 1. The van der Waals surface area contributed by atoms with Crippen molar-refractivity contribution >= 4 is 11.4 Å². The highest BCUT2D eigenvalue weighted by molar-refractivity contribution is 5.99. The number of amidine groups is 1. The summed E-state index contributed by atoms with van der Waals surface area (Å²) in [4.78, 5) is 10.5. The Morgan fingerprint density at radius 1 is 0.481 bits per heavy atom. The molecule has 0 saturated carbocycles. The van der Waals surface area contributed by atoms with Crippen molar-refractivity contribution in [2.75, 3.05) is 6.54 Å². The van der Waals surface area contributed by atoms with E-state index in [2.05, 4.69) is 192 Å². The van der Waals surface area contributed by atoms with Gasteiger partial charge in [-0.2, -0.15) is 0 Å². The summed E-state index contributed by atoms with van der Waals surface area (Å²) in [5, 5.41) is 9.26. The molecule has 0 aliphatic carbocycles. The van der Waals surface area contributed by atoms with Crippen molar-refractivity contribution in [1.82, 2.24) is 15.6 Å². The van der Waals surface area contributed by atoms with Crippen LogP contribution in [-0.4, -0.2) is 17.4 Å². The molecule has 2 aliphatic rings. The van der Waals surface area contributed by atoms with E-state index in [1.807, 2.05) is 18.3 Å². The molecule has 5 heteroatoms. The number of nitrogens with zero attached hydrogens (tertiary/aromatic N) is 2. The summed E-state index contributed by atoms with van der Waals surface area (Å²) in [5.41, 5.74) is 14.5. The summed E-state index contributed by atoms with van der Waals surface area (Å²) in [6, 6.07) is 62.3. The Labute approximate surface area is 316 Å². The lowest BCUT2D eigenvalue weighted by Gasteiger charge is -2.29. The topological polar surface area (TPSA) is 65.9 Å². The lowest BCUT2D eigenvalue weighted by molar-refractivity contribution is -0.739. The van der Waals surface area contributed by atoms with E-state index in [1.165, 1.54) is 16.7 Å². The van der Waals surface area contributed by atoms with Crippen LogP contribution < -0.4 is 16.0 Å². The molecular formula is C49H40N5+. The van der Waals surface area contributed by atoms with Crippen LogP contribution in [-0.2, 0) is 0 Å². The molecule has 0 spiro atoms. The normalized spacial score (nSPS) is 16.4. The van der Waals surface area contributed by atoms with E-state index in [-0.39, 0.29) is 12.3 Å². The molecule has 1 aromatic heterocycles. The summed E-state index contributed by atoms with van der Waals surface area (Å²) in [7, 11) is 0. The second kappa shape index (κ2) is 15.0. The maximum absolute atomic E-state index is 5.24. The Hall–Kier alpha value is -6.82. The van der Waals surface area contributed by atoms with Gasteiger partial charge in [0.2, 0.25) is 6.17 Å². The van der Waals surface area contributed by atoms with Crippen LogP contribution >= 0.6 is 0 Å². The first kappa shape index (κ1) is 33.0. The number of hydrogen-bond acceptors (Lipinski definition) is 4. The molecule has 7 aromatic rings. The Balaban J connectivity index is 1.08. The van der Waals surface area contributed by atoms with Gasteiger partial charge in [0.05, 0.1) is 11.4 Å². The number of aromatic nitrogens is 1. The first-order chi connectivity index (χ1) is 26.7. The van der Waals surface area contributed by atoms with Crippen LogP contribution in [0.2, 0.25) is 0 Å². The Morgan fingerprint density at radius 3 is 1.76 bits per heavy atom. The average molecular weight is 699 g/mol. The van der Waals surface area contributed by atoms with Crippen molar-refractivity contribution in [3.8, 4) is 44.8 Å². The van der Waals surface area contributed by atoms with Gasteiger partial charge in [0, 0.05) is 34.4 Å². The largest absolute Gasteiger partial charge is 0.387 e. The van der Waals surface area contributed by atoms with E-state index < -0.39 is 0 Å². The first-order valence-electron chi connectivity index (χ1n) is 18.5. The first-order valence-corrected chi connectivity index (χ1v) is 18.5. The molecule has 0 saturated heterocycles. The van der Waals surface area contributed by atoms with Crippen LogP contribution in [0.5, 0.6) is 0 Å². The SMILES string of the molecule is C1=CC(c2cccc(-c3cc(-c4cccc(-c5cccc(C6N=C(c7ccccc7)NC(c7ccccc7)[NH2+]6)c5)c4)cc(-c4ccccc4)n3)c2)=CCN1. The van der Waals surface area contributed by atoms with Crippen LogP contribution in [0.3, 0.4) is 0 Å². The Kier molecular flexibility index (Phi) is 9.20. The van der Waals surface area contributed by atoms with Crippen molar-refractivity contribution in [3.63, 3.8) is 0 Å². The molecular weight excluding hydrogens is 659 g/mol. The third-order valence-electron chi connectivity index (χ3n) is 10.1. The van der Waals surface area contributed by atoms with E-state index in [9.17, 15) is 0 Å². The number of hydrogen-bond donors (Lipinski definition) is 3. The van der Waals surface area contributed by atoms with Gasteiger partial charge in [-0.05, 0) is 76.0 Å². The van der Waals surface area contributed by atoms with E-state index in [0.717, 1.165) is 68.3 Å². The molecule has 2 aliphatic heterocycles. The third kappa shape index (κ3) is 7.13. The number of aliphatic imine (C=N–C) groups is 1. The van der Waals surface area contributed by atoms with Crippen molar-refractivity contribution < 1.29 is 5.32 Å². The molecule has 5 nitrogen and oxygen atoms in total. The molecule has 260 valence electrons. The summed E-state index contributed by atoms with van der Waals surface area (Å²) in [5.74, 6) is 0.904. The zero-order valence-electron chi connectivity index (χ0n) is 29.8. The molecule has 0 fully saturated rings. The number of nitrogens with two attached hydrogens (primary N) is 1. The summed E-state index contributed by atoms with van der Waals surface area (Å²) >= 11 is 0. The third-order valence-corrected chi connectivity index (χ3v) is 10.1. The highest BCUT2D eigenvalue weighted by Crippen LogP contribution is 2.34. The van der Waals surface area contributed by atoms with Crippen LogP contribution in [0.4, 0.5) is 0 Å². The van der Waals surface area contributed by atoms with Gasteiger partial charge >= 0.3 is 0 Å². The highest BCUT2D eigenvalue weighted by Gasteiger charge is 2.29. The van der Waals surface area contributed by atoms with Gasteiger partial charge in [-0.3, -0.25) is 5.32 Å². The fourth-order valence-electron chi connectivity index (χ4n) is 7.30. The number of rotatable bonds is 8. The second-order valence-corrected chi connectivity index (χ2v) is 13.7. The quantitative estimate of drug-likeness (QED) is 0.148. The van der Waals surface area contributed by atoms with Crippen LogP contribution in [0.25, 0.3) is 50.3 Å². The Bertz CT molecular complexity index is 2500. The lowest BCUT2D eigenvalue weighted by atomic mass is 9.95. The summed E-state index contributed by atoms with van der Waals surface area (Å²) in [6.07, 6.45) is 6.28. The van der Waals surface area contributed by atoms with Gasteiger partial charge < -0.3 is 10.6 Å². The summed E-state index contributed by atoms with van der Waals surface area (Å²) in [6.45, 7) is 0.827. The van der Waals surface area contributed by atoms with E-state index in [0.29, 0.717) is 0 Å². The van der Waals surface area contributed by atoms with Crippen molar-refractivity contribution in [2.24, 2.45) is 4.99 Å². The van der Waals surface area contributed by atoms with E-state index >= 15 is 0 Å². The van der Waals surface area contributed by atoms with E-state index in [1.54, 1.807) is 0 Å². The zero-order valence-corrected chi connectivity index (χ0v) is 29.8. The van der Waals surface area contributed by atoms with Crippen molar-refractivity contribution in [1.29, 1.82) is 0 Å². The molecule has 0 amide bonds. The molecule has 4 N–H and O–H groups in total. The van der Waals surface area contributed by atoms with Gasteiger partial charge in [0.25, 0.3) is 0 Å². The average Bonchev–Trinajstić information content (AvgIpc) is 3.27. The number of pyridine rings is 1. The lowest BCUT2D eigenvalue weighted by Crippen LogP contribution is -2.90. The van der Waals surface area contributed by atoms with Gasteiger partial charge in [-0.25, -0.2) is 9.98 Å². The van der Waals surface area contributed by atoms with Gasteiger partial charge in [0.15, 0.2) is 6.17 Å². The number of benzene rings is 6. The van der Waals surface area contributed by atoms with Crippen LogP contribution in [0.1, 0.15) is 34.6 Å². The maximum atomic E-state index is 5.24. The van der Waals surface area contributed by atoms with Gasteiger partial charge in [0.1, 0.15) is 5.84 Å². The molecule has 6 aromatic carbocycles. The van der Waals surface area contributed by atoms with Crippen LogP contribution in [0.15, 0.2) is 199 Å². The molecule has 3 heterocycles. The van der Waals surface area contributed by atoms with E-state index in [4.69, 9.17) is 9.98 Å². The number of quaternary nitrogens is 1. The fourth-order valence-corrected chi connectivity index (χ4v) is 7.30. The van der Waals surface area contributed by atoms with Crippen molar-refractivity contribution in [3.05, 3.63) is 217 Å². The monoisotopic (exact) mass is 698 g/mol. The van der Waals surface area contributed by atoms with Crippen LogP contribution in [0, 0.1) is 0 Å². The van der Waals surface area contributed by atoms with Gasteiger partial charge in [-0.15, -0.1) is 0 Å². The maximum Gasteiger partial charge on any atom is 0.209 e. The molecule has 2 unspecified atom stereocenters. The zero-order chi connectivity index (χ0) is 36.1. The van der Waals surface area contributed by atoms with Crippen molar-refractivity contribution in [2.45, 2.75) is 12.3 Å². The fraction of sp³-hybridized carbons (Fsp3) is 0.0612. The predicted molar refractivity (Wildman–Crippen MR) is 221 cm³/mol. The molecule has 9 rings (SSSR count).